The van der Waals surface area contributed by atoms with Crippen molar-refractivity contribution in [3.63, 3.8) is 0 Å². The number of allylic oxidation sites excluding steroid dienone is 4. The van der Waals surface area contributed by atoms with Crippen molar-refractivity contribution >= 4 is 39.1 Å². The quantitative estimate of drug-likeness (QED) is 0.161. The Morgan fingerprint density at radius 1 is 0.410 bits per heavy atom. The molecule has 0 amide bonds. The summed E-state index contributed by atoms with van der Waals surface area (Å²) in [6.07, 6.45) is 9.20. The van der Waals surface area contributed by atoms with Gasteiger partial charge in [-0.3, -0.25) is 0 Å². The zero-order valence-corrected chi connectivity index (χ0v) is 34.4. The predicted molar refractivity (Wildman–Crippen MR) is 251 cm³/mol. The average Bonchev–Trinajstić information content (AvgIpc) is 3.49. The maximum Gasteiger partial charge on any atom is 0.0973 e. The van der Waals surface area contributed by atoms with E-state index in [2.05, 4.69) is 165 Å². The number of fused-ring (bicyclic) bond motifs is 5. The Balaban J connectivity index is 1.05. The van der Waals surface area contributed by atoms with Crippen molar-refractivity contribution in [2.45, 2.75) is 32.1 Å². The van der Waals surface area contributed by atoms with Gasteiger partial charge in [-0.2, -0.15) is 0 Å². The molecule has 2 unspecified atom stereocenters. The molecule has 7 aromatic carbocycles. The first-order valence-corrected chi connectivity index (χ1v) is 21.0. The lowest BCUT2D eigenvalue weighted by atomic mass is 9.62. The highest BCUT2D eigenvalue weighted by molar-refractivity contribution is 5.89. The van der Waals surface area contributed by atoms with Crippen LogP contribution in [0.2, 0.25) is 0 Å². The minimum Gasteiger partial charge on any atom is -0.310 e. The lowest BCUT2D eigenvalue weighted by molar-refractivity contribution is 0.245. The van der Waals surface area contributed by atoms with Crippen LogP contribution >= 0.6 is 0 Å². The van der Waals surface area contributed by atoms with Crippen molar-refractivity contribution in [1.29, 1.82) is 0 Å². The summed E-state index contributed by atoms with van der Waals surface area (Å²) < 4.78 is 0. The molecule has 0 fully saturated rings. The largest absolute Gasteiger partial charge is 0.310 e. The Bertz CT molecular complexity index is 3000. The second kappa shape index (κ2) is 14.4. The summed E-state index contributed by atoms with van der Waals surface area (Å²) in [7, 11) is 0. The summed E-state index contributed by atoms with van der Waals surface area (Å²) in [6.45, 7) is 7.21. The van der Waals surface area contributed by atoms with Crippen molar-refractivity contribution in [2.75, 3.05) is 4.90 Å². The fraction of sp³-hybridized carbons (Fsp3) is 0.107. The van der Waals surface area contributed by atoms with Crippen LogP contribution < -0.4 is 4.90 Å². The zero-order valence-electron chi connectivity index (χ0n) is 34.4. The summed E-state index contributed by atoms with van der Waals surface area (Å²) >= 11 is 0. The molecule has 2 heterocycles. The summed E-state index contributed by atoms with van der Waals surface area (Å²) in [4.78, 5) is 23.0. The number of anilines is 3. The molecule has 5 nitrogen and oxygen atoms in total. The zero-order chi connectivity index (χ0) is 41.1. The molecule has 2 aliphatic carbocycles. The van der Waals surface area contributed by atoms with Crippen molar-refractivity contribution in [3.05, 3.63) is 211 Å². The molecule has 2 atom stereocenters. The number of aromatic nitrogens is 4. The van der Waals surface area contributed by atoms with Crippen LogP contribution in [0.25, 0.3) is 67.1 Å². The van der Waals surface area contributed by atoms with Gasteiger partial charge >= 0.3 is 0 Å². The van der Waals surface area contributed by atoms with E-state index in [0.717, 1.165) is 84.2 Å². The number of para-hydroxylation sites is 4. The molecule has 2 aromatic heterocycles. The van der Waals surface area contributed by atoms with Gasteiger partial charge in [0.25, 0.3) is 0 Å². The topological polar surface area (TPSA) is 54.8 Å². The van der Waals surface area contributed by atoms with Crippen LogP contribution in [0.3, 0.4) is 0 Å². The van der Waals surface area contributed by atoms with Gasteiger partial charge in [-0.1, -0.05) is 160 Å². The first-order valence-electron chi connectivity index (χ1n) is 21.0. The van der Waals surface area contributed by atoms with Crippen LogP contribution in [0.4, 0.5) is 17.1 Å². The van der Waals surface area contributed by atoms with Gasteiger partial charge in [0.2, 0.25) is 0 Å². The number of benzene rings is 7. The molecule has 0 N–H and O–H groups in total. The van der Waals surface area contributed by atoms with E-state index in [9.17, 15) is 0 Å². The van der Waals surface area contributed by atoms with Crippen LogP contribution in [0, 0.1) is 5.41 Å². The fourth-order valence-electron chi connectivity index (χ4n) is 9.53. The van der Waals surface area contributed by atoms with E-state index in [1.165, 1.54) is 11.1 Å². The molecule has 0 spiro atoms. The van der Waals surface area contributed by atoms with E-state index in [1.54, 1.807) is 0 Å². The minimum atomic E-state index is -0.0885. The van der Waals surface area contributed by atoms with E-state index in [0.29, 0.717) is 5.92 Å². The van der Waals surface area contributed by atoms with Gasteiger partial charge in [-0.15, -0.1) is 0 Å². The van der Waals surface area contributed by atoms with Crippen molar-refractivity contribution < 1.29 is 0 Å². The van der Waals surface area contributed by atoms with Crippen LogP contribution in [0.1, 0.15) is 37.8 Å². The van der Waals surface area contributed by atoms with Crippen LogP contribution in [0.5, 0.6) is 0 Å². The van der Waals surface area contributed by atoms with Crippen LogP contribution in [-0.2, 0) is 5.41 Å². The fourth-order valence-corrected chi connectivity index (χ4v) is 9.53. The van der Waals surface area contributed by atoms with Gasteiger partial charge < -0.3 is 4.90 Å². The Kier molecular flexibility index (Phi) is 8.60. The molecular formula is C56H43N5. The lowest BCUT2D eigenvalue weighted by Crippen LogP contribution is -2.36. The van der Waals surface area contributed by atoms with Crippen LogP contribution in [0.15, 0.2) is 200 Å². The Morgan fingerprint density at radius 2 is 0.803 bits per heavy atom. The van der Waals surface area contributed by atoms with E-state index in [4.69, 9.17) is 19.9 Å². The number of nitrogens with zero attached hydrogens (tertiary/aromatic N) is 5. The van der Waals surface area contributed by atoms with Crippen molar-refractivity contribution in [3.8, 4) is 45.0 Å². The molecule has 0 aliphatic heterocycles. The Morgan fingerprint density at radius 3 is 1.25 bits per heavy atom. The van der Waals surface area contributed by atoms with Gasteiger partial charge in [0.1, 0.15) is 0 Å². The van der Waals surface area contributed by atoms with Crippen molar-refractivity contribution in [1.82, 2.24) is 19.9 Å². The molecule has 11 rings (SSSR count). The third kappa shape index (κ3) is 6.07. The molecular weight excluding hydrogens is 743 g/mol. The van der Waals surface area contributed by atoms with E-state index in [-0.39, 0.29) is 10.8 Å². The van der Waals surface area contributed by atoms with E-state index in [1.807, 2.05) is 60.7 Å². The molecule has 0 radical (unpaired) electrons. The molecule has 0 bridgehead atoms. The van der Waals surface area contributed by atoms with E-state index >= 15 is 0 Å². The number of rotatable bonds is 7. The maximum absolute atomic E-state index is 5.20. The molecule has 0 saturated heterocycles. The van der Waals surface area contributed by atoms with Gasteiger partial charge in [-0.05, 0) is 77.2 Å². The highest BCUT2D eigenvalue weighted by Gasteiger charge is 2.53. The smallest absolute Gasteiger partial charge is 0.0973 e. The average molecular weight is 786 g/mol. The van der Waals surface area contributed by atoms with Crippen molar-refractivity contribution in [2.24, 2.45) is 5.41 Å². The number of hydrogen-bond donors (Lipinski definition) is 0. The monoisotopic (exact) mass is 785 g/mol. The molecule has 292 valence electrons. The Labute approximate surface area is 356 Å². The first-order chi connectivity index (χ1) is 29.9. The minimum absolute atomic E-state index is 0.0223. The summed E-state index contributed by atoms with van der Waals surface area (Å²) in [5, 5.41) is 0. The predicted octanol–water partition coefficient (Wildman–Crippen LogP) is 14.2. The van der Waals surface area contributed by atoms with Gasteiger partial charge in [-0.25, -0.2) is 19.9 Å². The second-order valence-corrected chi connectivity index (χ2v) is 16.9. The highest BCUT2D eigenvalue weighted by Crippen LogP contribution is 2.61. The molecule has 61 heavy (non-hydrogen) atoms. The maximum atomic E-state index is 5.20. The van der Waals surface area contributed by atoms with Gasteiger partial charge in [0.05, 0.1) is 44.8 Å². The molecule has 0 saturated carbocycles. The van der Waals surface area contributed by atoms with Gasteiger partial charge in [0, 0.05) is 50.6 Å². The Hall–Kier alpha value is -7.50. The lowest BCUT2D eigenvalue weighted by Gasteiger charge is -2.41. The summed E-state index contributed by atoms with van der Waals surface area (Å²) in [5.74, 6) is 0.326. The summed E-state index contributed by atoms with van der Waals surface area (Å²) in [5.41, 5.74) is 16.9. The highest BCUT2D eigenvalue weighted by atomic mass is 15.1. The molecule has 2 aliphatic rings. The summed E-state index contributed by atoms with van der Waals surface area (Å²) in [6, 6.07) is 61.5. The van der Waals surface area contributed by atoms with Crippen LogP contribution in [-0.4, -0.2) is 19.9 Å². The van der Waals surface area contributed by atoms with Gasteiger partial charge in [0.15, 0.2) is 0 Å². The number of hydrogen-bond acceptors (Lipinski definition) is 5. The third-order valence-corrected chi connectivity index (χ3v) is 13.2. The normalized spacial score (nSPS) is 17.3. The van der Waals surface area contributed by atoms with E-state index < -0.39 is 0 Å². The molecule has 5 heteroatoms. The second-order valence-electron chi connectivity index (χ2n) is 16.9. The standard InChI is InChI=1S/C56H43N5/c1-55(2)46-36-43(33-34-44(46)45-20-14-15-35-56(45,55)3)61(41-29-25-39(26-30-41)53-51(37-16-6-4-7-17-37)57-47-21-10-12-23-49(47)59-53)42-31-27-40(28-32-42)54-52(38-18-8-5-9-19-38)58-48-22-11-13-24-50(48)60-54/h4-36,45H,1-3H3. The molecule has 9 aromatic rings. The third-order valence-electron chi connectivity index (χ3n) is 13.2. The SMILES string of the molecule is CC1(C)c2cc(N(c3ccc(-c4nc5ccccc5nc4-c4ccccc4)cc3)c3ccc(-c4nc5ccccc5nc4-c4ccccc4)cc3)ccc2C2C=CC=CC21C. The first kappa shape index (κ1) is 36.6.